The smallest absolute Gasteiger partial charge is 0.323 e. The third-order valence-electron chi connectivity index (χ3n) is 20.4. The fourth-order valence-corrected chi connectivity index (χ4v) is 13.7. The molecule has 101 heavy (non-hydrogen) atoms. The van der Waals surface area contributed by atoms with Crippen molar-refractivity contribution in [3.63, 3.8) is 0 Å². The normalized spacial score (nSPS) is 16.4. The van der Waals surface area contributed by atoms with Gasteiger partial charge in [0.25, 0.3) is 0 Å². The first-order chi connectivity index (χ1) is 46.7. The fourth-order valence-electron chi connectivity index (χ4n) is 13.7. The van der Waals surface area contributed by atoms with E-state index in [0.717, 1.165) is 66.8 Å². The predicted octanol–water partition coefficient (Wildman–Crippen LogP) is 23.4. The first kappa shape index (κ1) is 70.9. The van der Waals surface area contributed by atoms with Gasteiger partial charge < -0.3 is 61.5 Å². The number of para-hydroxylation sites is 4. The van der Waals surface area contributed by atoms with Gasteiger partial charge in [0.2, 0.25) is 0 Å². The van der Waals surface area contributed by atoms with E-state index in [-0.39, 0.29) is 32.5 Å². The highest BCUT2D eigenvalue weighted by molar-refractivity contribution is 6.06. The summed E-state index contributed by atoms with van der Waals surface area (Å²) in [7, 11) is 0. The van der Waals surface area contributed by atoms with Crippen LogP contribution >= 0.6 is 0 Å². The highest BCUT2D eigenvalue weighted by atomic mass is 16.5. The average Bonchev–Trinajstić information content (AvgIpc) is 0.733. The van der Waals surface area contributed by atoms with E-state index in [4.69, 9.17) is 18.9 Å². The first-order valence-corrected chi connectivity index (χ1v) is 35.0. The van der Waals surface area contributed by atoms with Gasteiger partial charge >= 0.3 is 24.1 Å². The first-order valence-electron chi connectivity index (χ1n) is 35.0. The average molecular weight is 1360 g/mol. The summed E-state index contributed by atoms with van der Waals surface area (Å²) >= 11 is 0. The Labute approximate surface area is 596 Å². The number of nitrogens with one attached hydrogen (secondary N) is 8. The van der Waals surface area contributed by atoms with Gasteiger partial charge in [0, 0.05) is 49.6 Å². The van der Waals surface area contributed by atoms with Crippen LogP contribution < -0.4 is 61.5 Å². The van der Waals surface area contributed by atoms with Crippen LogP contribution in [0.5, 0.6) is 46.0 Å². The van der Waals surface area contributed by atoms with Gasteiger partial charge in [-0.25, -0.2) is 19.2 Å². The van der Waals surface area contributed by atoms with Gasteiger partial charge in [0.05, 0.1) is 45.5 Å². The summed E-state index contributed by atoms with van der Waals surface area (Å²) in [6, 6.07) is 36.5. The molecule has 8 amide bonds. The third-order valence-corrected chi connectivity index (χ3v) is 20.4. The minimum atomic E-state index is -0.770. The molecule has 16 nitrogen and oxygen atoms in total. The molecular weight excluding hydrogens is 1260 g/mol. The van der Waals surface area contributed by atoms with Crippen LogP contribution in [0.15, 0.2) is 121 Å². The molecule has 0 unspecified atom stereocenters. The Morgan fingerprint density at radius 1 is 0.238 bits per heavy atom. The lowest BCUT2D eigenvalue weighted by Gasteiger charge is -2.39. The number of ether oxygens (including phenoxy) is 4. The van der Waals surface area contributed by atoms with Gasteiger partial charge in [0.1, 0.15) is 0 Å². The molecule has 0 atom stereocenters. The number of anilines is 8. The number of urea groups is 4. The van der Waals surface area contributed by atoms with E-state index in [0.29, 0.717) is 91.5 Å². The van der Waals surface area contributed by atoms with Gasteiger partial charge in [-0.15, -0.1) is 0 Å². The van der Waals surface area contributed by atoms with Crippen LogP contribution in [-0.2, 0) is 48.7 Å². The second kappa shape index (κ2) is 24.1. The van der Waals surface area contributed by atoms with E-state index in [1.165, 1.54) is 0 Å². The summed E-state index contributed by atoms with van der Waals surface area (Å²) in [6.45, 7) is 51.3. The lowest BCUT2D eigenvalue weighted by molar-refractivity contribution is 0.261. The van der Waals surface area contributed by atoms with E-state index in [1.54, 1.807) is 48.5 Å². The Balaban J connectivity index is 1.04. The molecule has 4 aliphatic heterocycles. The fraction of sp³-hybridized carbons (Fsp3) is 0.388. The Morgan fingerprint density at radius 3 is 0.584 bits per heavy atom. The van der Waals surface area contributed by atoms with E-state index in [9.17, 15) is 9.59 Å². The SMILES string of the molecule is CC(C)(C)c1cc2c3c(c1)C(C)(C)c1cc(C(C)(C)C)cc(c1O3)NC(=O)Nc1cc(C(C)(C)C)cc3c1Oc1c(cc(C(C)(C)C)cc1C3(C)C)NC(=O)Nc1cc(C(C)(C)C)cc3c1Oc1c(cc(C(C)(C)C)cc1C3(C)C)NC(=O)Nc1ccccc1Oc1ccccc1NC(=O)N2. The highest BCUT2D eigenvalue weighted by Crippen LogP contribution is 2.60. The largest absolute Gasteiger partial charge is 0.453 e. The monoisotopic (exact) mass is 1360 g/mol. The molecule has 12 rings (SSSR count). The maximum absolute atomic E-state index is 15.4. The number of hydrogen-bond donors (Lipinski definition) is 8. The van der Waals surface area contributed by atoms with E-state index < -0.39 is 40.4 Å². The summed E-state index contributed by atoms with van der Waals surface area (Å²) in [5.41, 5.74) is 9.33. The summed E-state index contributed by atoms with van der Waals surface area (Å²) in [6.07, 6.45) is 0. The molecule has 8 aromatic rings. The summed E-state index contributed by atoms with van der Waals surface area (Å²) in [4.78, 5) is 60.5. The molecule has 4 heterocycles. The van der Waals surface area contributed by atoms with Crippen LogP contribution in [0, 0.1) is 0 Å². The van der Waals surface area contributed by atoms with Crippen molar-refractivity contribution in [3.05, 3.63) is 188 Å². The molecule has 6 bridgehead atoms. The van der Waals surface area contributed by atoms with E-state index in [2.05, 4.69) is 245 Å². The van der Waals surface area contributed by atoms with Crippen molar-refractivity contribution in [1.29, 1.82) is 0 Å². The summed E-state index contributed by atoms with van der Waals surface area (Å²) in [5.74, 6) is 3.05. The second-order valence-corrected chi connectivity index (χ2v) is 35.5. The van der Waals surface area contributed by atoms with Crippen molar-refractivity contribution in [3.8, 4) is 46.0 Å². The number of fused-ring (bicyclic) bond motifs is 2. The lowest BCUT2D eigenvalue weighted by atomic mass is 9.71. The predicted molar refractivity (Wildman–Crippen MR) is 411 cm³/mol. The molecule has 0 radical (unpaired) electrons. The van der Waals surface area contributed by atoms with Gasteiger partial charge in [-0.3, -0.25) is 0 Å². The molecule has 0 fully saturated rings. The Hall–Kier alpha value is -9.96. The summed E-state index contributed by atoms with van der Waals surface area (Å²) < 4.78 is 28.3. The maximum atomic E-state index is 15.4. The Morgan fingerprint density at radius 2 is 0.406 bits per heavy atom. The van der Waals surface area contributed by atoms with Crippen LogP contribution in [0.1, 0.15) is 233 Å². The molecule has 528 valence electrons. The maximum Gasteiger partial charge on any atom is 0.323 e. The van der Waals surface area contributed by atoms with E-state index in [1.807, 2.05) is 36.4 Å². The third kappa shape index (κ3) is 13.4. The van der Waals surface area contributed by atoms with Gasteiger partial charge in [-0.2, -0.15) is 0 Å². The minimum absolute atomic E-state index is 0.294. The number of carbonyl (C=O) groups excluding carboxylic acids is 4. The number of hydrogen-bond acceptors (Lipinski definition) is 8. The second-order valence-electron chi connectivity index (χ2n) is 35.5. The quantitative estimate of drug-likeness (QED) is 0.0733. The van der Waals surface area contributed by atoms with Gasteiger partial charge in [-0.05, 0) is 127 Å². The van der Waals surface area contributed by atoms with Gasteiger partial charge in [-0.1, -0.05) is 227 Å². The van der Waals surface area contributed by atoms with Crippen molar-refractivity contribution in [2.75, 3.05) is 42.5 Å². The van der Waals surface area contributed by atoms with Crippen molar-refractivity contribution >= 4 is 69.6 Å². The van der Waals surface area contributed by atoms with Crippen LogP contribution in [-0.4, -0.2) is 24.1 Å². The molecule has 0 spiro atoms. The van der Waals surface area contributed by atoms with Crippen LogP contribution in [0.2, 0.25) is 0 Å². The zero-order valence-electron chi connectivity index (χ0n) is 63.3. The van der Waals surface area contributed by atoms with Crippen molar-refractivity contribution in [2.45, 2.75) is 215 Å². The number of rotatable bonds is 0. The Bertz CT molecular complexity index is 4490. The topological polar surface area (TPSA) is 201 Å². The van der Waals surface area contributed by atoms with Crippen LogP contribution in [0.4, 0.5) is 64.7 Å². The molecular formula is C85H100N8O8. The number of carbonyl (C=O) groups is 4. The minimum Gasteiger partial charge on any atom is -0.453 e. The molecule has 16 heteroatoms. The molecule has 8 N–H and O–H groups in total. The van der Waals surface area contributed by atoms with E-state index >= 15 is 9.59 Å². The van der Waals surface area contributed by atoms with Gasteiger partial charge in [0.15, 0.2) is 46.0 Å². The number of benzene rings is 8. The Kier molecular flexibility index (Phi) is 16.9. The van der Waals surface area contributed by atoms with Crippen molar-refractivity contribution < 1.29 is 38.1 Å². The van der Waals surface area contributed by atoms with Crippen LogP contribution in [0.25, 0.3) is 0 Å². The molecule has 0 saturated heterocycles. The number of amides is 8. The highest BCUT2D eigenvalue weighted by Gasteiger charge is 2.45. The lowest BCUT2D eigenvalue weighted by Crippen LogP contribution is -2.31. The standard InChI is InChI=1S/C85H100N8O8/c1-77(2,3)45-33-51-67-59(39-45)88-73(94)86-57-29-25-27-31-65(57)98-66-32-28-26-30-58(66)87-74(95)89-60-40-46(78(4,5)6)34-52-68(60)100-70-54(84(52,21)22)36-48(80(10,11)12)42-62(70)91-76(97)93-64-44-50(82(16,17)18)38-56-72(64)101-71-55(85(56,23)24)37-49(81(13,14)15)43-63(71)92-75(96)90-61-41-47(79(7,8)9)35-53(69(61)99-67)83(51,19)20/h25-44H,1-24H3,(H2,86,88,94)(H2,87,89,95)(H2,90,92,96)(H2,91,93,97). The zero-order valence-corrected chi connectivity index (χ0v) is 63.3. The van der Waals surface area contributed by atoms with Crippen molar-refractivity contribution in [1.82, 2.24) is 0 Å². The molecule has 0 saturated carbocycles. The molecule has 0 aromatic heterocycles. The molecule has 0 aliphatic carbocycles. The summed E-state index contributed by atoms with van der Waals surface area (Å²) in [5, 5.41) is 25.6. The molecule has 4 aliphatic rings. The zero-order chi connectivity index (χ0) is 73.6. The molecule has 8 aromatic carbocycles. The van der Waals surface area contributed by atoms with Crippen molar-refractivity contribution in [2.24, 2.45) is 0 Å². The van der Waals surface area contributed by atoms with Crippen LogP contribution in [0.3, 0.4) is 0 Å².